The molecule has 7 nitrogen and oxygen atoms in total. The average molecular weight is 285 g/mol. The van der Waals surface area contributed by atoms with Crippen LogP contribution in [0.5, 0.6) is 0 Å². The first-order valence-corrected chi connectivity index (χ1v) is 6.41. The van der Waals surface area contributed by atoms with Crippen LogP contribution in [0.15, 0.2) is 30.5 Å². The van der Waals surface area contributed by atoms with Gasteiger partial charge in [-0.3, -0.25) is 10.1 Å². The van der Waals surface area contributed by atoms with Crippen LogP contribution >= 0.6 is 0 Å². The maximum Gasteiger partial charge on any atom is 0.339 e. The number of carboxylic acid groups (broad SMARTS) is 1. The summed E-state index contributed by atoms with van der Waals surface area (Å²) in [5.74, 6) is -0.593. The molecule has 1 aliphatic rings. The molecule has 0 aliphatic heterocycles. The lowest BCUT2D eigenvalue weighted by Gasteiger charge is -2.06. The van der Waals surface area contributed by atoms with E-state index in [-0.39, 0.29) is 17.2 Å². The van der Waals surface area contributed by atoms with Crippen molar-refractivity contribution in [2.45, 2.75) is 18.8 Å². The third-order valence-electron chi connectivity index (χ3n) is 3.33. The van der Waals surface area contributed by atoms with E-state index >= 15 is 0 Å². The maximum absolute atomic E-state index is 11.2. The van der Waals surface area contributed by atoms with E-state index < -0.39 is 10.9 Å². The highest BCUT2D eigenvalue weighted by Crippen LogP contribution is 2.41. The number of carbonyl (C=O) groups is 1. The lowest BCUT2D eigenvalue weighted by atomic mass is 10.1. The third-order valence-corrected chi connectivity index (χ3v) is 3.33. The fourth-order valence-electron chi connectivity index (χ4n) is 2.13. The summed E-state index contributed by atoms with van der Waals surface area (Å²) in [6, 6.07) is 5.99. The Morgan fingerprint density at radius 3 is 2.76 bits per heavy atom. The Morgan fingerprint density at radius 2 is 2.14 bits per heavy atom. The van der Waals surface area contributed by atoms with Crippen molar-refractivity contribution in [2.24, 2.45) is 0 Å². The number of carboxylic acids is 1. The quantitative estimate of drug-likeness (QED) is 0.683. The number of benzene rings is 1. The van der Waals surface area contributed by atoms with Crippen LogP contribution in [-0.2, 0) is 0 Å². The zero-order chi connectivity index (χ0) is 15.0. The Kier molecular flexibility index (Phi) is 3.09. The summed E-state index contributed by atoms with van der Waals surface area (Å²) in [6.07, 6.45) is 3.09. The van der Waals surface area contributed by atoms with Gasteiger partial charge in [0, 0.05) is 29.8 Å². The van der Waals surface area contributed by atoms with Gasteiger partial charge in [0.05, 0.1) is 16.2 Å². The number of non-ortho nitro benzene ring substituents is 1. The van der Waals surface area contributed by atoms with Gasteiger partial charge in [-0.1, -0.05) is 12.1 Å². The second kappa shape index (κ2) is 4.93. The van der Waals surface area contributed by atoms with E-state index in [1.807, 2.05) is 0 Å². The molecule has 0 atom stereocenters. The summed E-state index contributed by atoms with van der Waals surface area (Å²) in [6.45, 7) is 0. The monoisotopic (exact) mass is 285 g/mol. The molecule has 1 aromatic heterocycles. The molecule has 1 fully saturated rings. The average Bonchev–Trinajstić information content (AvgIpc) is 3.31. The first kappa shape index (κ1) is 13.2. The first-order chi connectivity index (χ1) is 10.1. The van der Waals surface area contributed by atoms with Gasteiger partial charge in [0.25, 0.3) is 5.69 Å². The van der Waals surface area contributed by atoms with Gasteiger partial charge in [0.2, 0.25) is 0 Å². The molecule has 1 N–H and O–H groups in total. The van der Waals surface area contributed by atoms with Crippen molar-refractivity contribution < 1.29 is 14.8 Å². The van der Waals surface area contributed by atoms with Crippen LogP contribution in [0.1, 0.15) is 34.8 Å². The highest BCUT2D eigenvalue weighted by molar-refractivity contribution is 5.89. The van der Waals surface area contributed by atoms with Gasteiger partial charge < -0.3 is 5.11 Å². The number of nitro groups is 1. The van der Waals surface area contributed by atoms with E-state index in [0.717, 1.165) is 12.8 Å². The summed E-state index contributed by atoms with van der Waals surface area (Å²) in [5, 5.41) is 20.0. The molecule has 0 amide bonds. The van der Waals surface area contributed by atoms with Crippen molar-refractivity contribution in [3.8, 4) is 11.4 Å². The highest BCUT2D eigenvalue weighted by atomic mass is 16.6. The Labute approximate surface area is 119 Å². The minimum atomic E-state index is -1.05. The smallest absolute Gasteiger partial charge is 0.339 e. The van der Waals surface area contributed by atoms with E-state index in [1.54, 1.807) is 12.1 Å². The molecule has 106 valence electrons. The van der Waals surface area contributed by atoms with E-state index in [0.29, 0.717) is 17.1 Å². The van der Waals surface area contributed by atoms with Crippen LogP contribution in [0.3, 0.4) is 0 Å². The summed E-state index contributed by atoms with van der Waals surface area (Å²) in [4.78, 5) is 29.8. The van der Waals surface area contributed by atoms with Gasteiger partial charge in [-0.25, -0.2) is 14.8 Å². The molecular formula is C14H11N3O4. The number of aromatic nitrogens is 2. The van der Waals surface area contributed by atoms with E-state index in [1.165, 1.54) is 18.3 Å². The molecule has 1 aliphatic carbocycles. The minimum absolute atomic E-state index is 0.0496. The van der Waals surface area contributed by atoms with E-state index in [2.05, 4.69) is 9.97 Å². The molecule has 0 bridgehead atoms. The lowest BCUT2D eigenvalue weighted by molar-refractivity contribution is -0.384. The SMILES string of the molecule is O=C(O)c1cnc(-c2cccc([N+](=O)[O-])c2)nc1C1CC1. The lowest BCUT2D eigenvalue weighted by Crippen LogP contribution is -2.06. The zero-order valence-electron chi connectivity index (χ0n) is 10.9. The van der Waals surface area contributed by atoms with Crippen LogP contribution in [0.2, 0.25) is 0 Å². The van der Waals surface area contributed by atoms with Crippen molar-refractivity contribution in [2.75, 3.05) is 0 Å². The summed E-state index contributed by atoms with van der Waals surface area (Å²) < 4.78 is 0. The number of aromatic carboxylic acids is 1. The molecular weight excluding hydrogens is 274 g/mol. The van der Waals surface area contributed by atoms with E-state index in [9.17, 15) is 14.9 Å². The molecule has 2 aromatic rings. The summed E-state index contributed by atoms with van der Waals surface area (Å²) >= 11 is 0. The topological polar surface area (TPSA) is 106 Å². The van der Waals surface area contributed by atoms with E-state index in [4.69, 9.17) is 5.11 Å². The fourth-order valence-corrected chi connectivity index (χ4v) is 2.13. The molecule has 1 saturated carbocycles. The minimum Gasteiger partial charge on any atom is -0.478 e. The van der Waals surface area contributed by atoms with Crippen molar-refractivity contribution in [1.29, 1.82) is 0 Å². The Balaban J connectivity index is 2.07. The molecule has 0 saturated heterocycles. The number of rotatable bonds is 4. The van der Waals surface area contributed by atoms with Crippen LogP contribution in [0.25, 0.3) is 11.4 Å². The van der Waals surface area contributed by atoms with Gasteiger partial charge in [0.15, 0.2) is 5.82 Å². The molecule has 21 heavy (non-hydrogen) atoms. The predicted octanol–water partition coefficient (Wildman–Crippen LogP) is 2.63. The van der Waals surface area contributed by atoms with Gasteiger partial charge in [0.1, 0.15) is 0 Å². The molecule has 0 unspecified atom stereocenters. The number of nitro benzene ring substituents is 1. The largest absolute Gasteiger partial charge is 0.478 e. The van der Waals surface area contributed by atoms with Gasteiger partial charge in [-0.05, 0) is 12.8 Å². The van der Waals surface area contributed by atoms with Crippen LogP contribution < -0.4 is 0 Å². The summed E-state index contributed by atoms with van der Waals surface area (Å²) in [5.41, 5.74) is 1.07. The van der Waals surface area contributed by atoms with Crippen molar-refractivity contribution >= 4 is 11.7 Å². The standard InChI is InChI=1S/C14H11N3O4/c18-14(19)11-7-15-13(16-12(11)8-4-5-8)9-2-1-3-10(6-9)17(20)21/h1-3,6-8H,4-5H2,(H,18,19). The normalized spacial score (nSPS) is 13.9. The Bertz CT molecular complexity index is 741. The Morgan fingerprint density at radius 1 is 1.38 bits per heavy atom. The number of hydrogen-bond acceptors (Lipinski definition) is 5. The second-order valence-electron chi connectivity index (χ2n) is 4.88. The molecule has 0 spiro atoms. The second-order valence-corrected chi connectivity index (χ2v) is 4.88. The number of hydrogen-bond donors (Lipinski definition) is 1. The zero-order valence-corrected chi connectivity index (χ0v) is 10.9. The molecule has 7 heteroatoms. The molecule has 0 radical (unpaired) electrons. The number of nitrogens with zero attached hydrogens (tertiary/aromatic N) is 3. The van der Waals surface area contributed by atoms with Gasteiger partial charge >= 0.3 is 5.97 Å². The van der Waals surface area contributed by atoms with Gasteiger partial charge in [-0.15, -0.1) is 0 Å². The molecule has 1 heterocycles. The van der Waals surface area contributed by atoms with Crippen LogP contribution in [0.4, 0.5) is 5.69 Å². The predicted molar refractivity (Wildman–Crippen MR) is 73.1 cm³/mol. The van der Waals surface area contributed by atoms with Gasteiger partial charge in [-0.2, -0.15) is 0 Å². The van der Waals surface area contributed by atoms with Crippen LogP contribution in [-0.4, -0.2) is 26.0 Å². The molecule has 1 aromatic carbocycles. The van der Waals surface area contributed by atoms with Crippen molar-refractivity contribution in [1.82, 2.24) is 9.97 Å². The fraction of sp³-hybridized carbons (Fsp3) is 0.214. The van der Waals surface area contributed by atoms with Crippen molar-refractivity contribution in [3.63, 3.8) is 0 Å². The third kappa shape index (κ3) is 2.58. The Hall–Kier alpha value is -2.83. The van der Waals surface area contributed by atoms with Crippen molar-refractivity contribution in [3.05, 3.63) is 51.8 Å². The maximum atomic E-state index is 11.2. The first-order valence-electron chi connectivity index (χ1n) is 6.41. The molecule has 3 rings (SSSR count). The van der Waals surface area contributed by atoms with Crippen LogP contribution in [0, 0.1) is 10.1 Å². The summed E-state index contributed by atoms with van der Waals surface area (Å²) in [7, 11) is 0. The highest BCUT2D eigenvalue weighted by Gasteiger charge is 2.30.